The molecule has 3 rings (SSSR count). The summed E-state index contributed by atoms with van der Waals surface area (Å²) >= 11 is 0. The molecule has 0 unspecified atom stereocenters. The summed E-state index contributed by atoms with van der Waals surface area (Å²) in [5.74, 6) is 0.125. The minimum atomic E-state index is -0.774. The Morgan fingerprint density at radius 2 is 2.04 bits per heavy atom. The summed E-state index contributed by atoms with van der Waals surface area (Å²) in [6.07, 6.45) is 2.24. The summed E-state index contributed by atoms with van der Waals surface area (Å²) in [6.45, 7) is 4.01. The molecule has 1 fully saturated rings. The lowest BCUT2D eigenvalue weighted by Crippen LogP contribution is -2.23. The number of aliphatic carboxylic acids is 1. The second-order valence-corrected chi connectivity index (χ2v) is 5.77. The van der Waals surface area contributed by atoms with Crippen molar-refractivity contribution in [2.45, 2.75) is 33.1 Å². The van der Waals surface area contributed by atoms with Crippen LogP contribution in [0.5, 0.6) is 5.75 Å². The molecule has 2 aromatic rings. The minimum absolute atomic E-state index is 0. The number of carboxylic acid groups (broad SMARTS) is 1. The molecule has 1 aliphatic carbocycles. The van der Waals surface area contributed by atoms with Gasteiger partial charge in [0.1, 0.15) is 5.82 Å². The van der Waals surface area contributed by atoms with Gasteiger partial charge in [-0.15, -0.1) is 0 Å². The van der Waals surface area contributed by atoms with Crippen molar-refractivity contribution in [3.8, 4) is 5.75 Å². The van der Waals surface area contributed by atoms with Crippen molar-refractivity contribution < 1.29 is 14.6 Å². The molecule has 1 saturated carbocycles. The minimum Gasteiger partial charge on any atom is -0.489 e. The number of aryl methyl sites for hydroxylation is 2. The number of benzene rings is 1. The smallest absolute Gasteiger partial charge is 0.307 e. The third-order valence-electron chi connectivity index (χ3n) is 4.26. The lowest BCUT2D eigenvalue weighted by atomic mass is 9.94. The Morgan fingerprint density at radius 3 is 2.61 bits per heavy atom. The van der Waals surface area contributed by atoms with E-state index in [1.807, 2.05) is 44.2 Å². The number of carbonyl (C=O) groups is 1. The van der Waals surface area contributed by atoms with Crippen LogP contribution in [-0.4, -0.2) is 27.7 Å². The van der Waals surface area contributed by atoms with Gasteiger partial charge in [0.05, 0.1) is 24.4 Å². The monoisotopic (exact) mass is 314 g/mol. The van der Waals surface area contributed by atoms with Crippen LogP contribution in [0.25, 0.3) is 0 Å². The van der Waals surface area contributed by atoms with Crippen molar-refractivity contribution in [3.05, 3.63) is 53.6 Å². The van der Waals surface area contributed by atoms with E-state index in [2.05, 4.69) is 9.97 Å². The molecule has 0 spiro atoms. The van der Waals surface area contributed by atoms with Gasteiger partial charge in [0, 0.05) is 5.41 Å². The van der Waals surface area contributed by atoms with Crippen LogP contribution in [-0.2, 0) is 10.2 Å². The molecule has 1 aromatic heterocycles. The third-order valence-corrected chi connectivity index (χ3v) is 4.26. The molecule has 23 heavy (non-hydrogen) atoms. The Kier molecular flexibility index (Phi) is 4.68. The van der Waals surface area contributed by atoms with E-state index < -0.39 is 17.3 Å². The van der Waals surface area contributed by atoms with Crippen LogP contribution in [0.3, 0.4) is 0 Å². The van der Waals surface area contributed by atoms with Crippen LogP contribution in [0.4, 0.5) is 0 Å². The third kappa shape index (κ3) is 3.18. The van der Waals surface area contributed by atoms with Crippen LogP contribution < -0.4 is 4.74 Å². The zero-order valence-electron chi connectivity index (χ0n) is 12.6. The Labute approximate surface area is 136 Å². The summed E-state index contributed by atoms with van der Waals surface area (Å²) in [6, 6.07) is 9.70. The second kappa shape index (κ2) is 6.36. The highest BCUT2D eigenvalue weighted by Crippen LogP contribution is 2.54. The van der Waals surface area contributed by atoms with E-state index in [-0.39, 0.29) is 7.43 Å². The fraction of sp³-hybridized carbons (Fsp3) is 0.389. The maximum Gasteiger partial charge on any atom is 0.307 e. The molecule has 5 heteroatoms. The van der Waals surface area contributed by atoms with Crippen molar-refractivity contribution >= 4 is 5.97 Å². The van der Waals surface area contributed by atoms with Gasteiger partial charge in [-0.05, 0) is 25.8 Å². The molecule has 0 aliphatic heterocycles. The predicted octanol–water partition coefficient (Wildman–Crippen LogP) is 3.15. The lowest BCUT2D eigenvalue weighted by molar-refractivity contribution is -0.139. The zero-order chi connectivity index (χ0) is 15.7. The topological polar surface area (TPSA) is 72.3 Å². The molecular formula is C18H22N2O3. The van der Waals surface area contributed by atoms with Crippen molar-refractivity contribution in [2.24, 2.45) is 5.92 Å². The van der Waals surface area contributed by atoms with Crippen molar-refractivity contribution in [1.29, 1.82) is 0 Å². The van der Waals surface area contributed by atoms with Crippen molar-refractivity contribution in [2.75, 3.05) is 6.61 Å². The lowest BCUT2D eigenvalue weighted by Gasteiger charge is -2.18. The number of rotatable bonds is 5. The van der Waals surface area contributed by atoms with Crippen molar-refractivity contribution in [1.82, 2.24) is 9.97 Å². The van der Waals surface area contributed by atoms with Gasteiger partial charge in [-0.25, -0.2) is 9.97 Å². The number of carboxylic acids is 1. The average molecular weight is 314 g/mol. The van der Waals surface area contributed by atoms with Gasteiger partial charge < -0.3 is 9.84 Å². The van der Waals surface area contributed by atoms with Gasteiger partial charge in [-0.1, -0.05) is 37.8 Å². The van der Waals surface area contributed by atoms with Gasteiger partial charge >= 0.3 is 5.97 Å². The van der Waals surface area contributed by atoms with E-state index in [9.17, 15) is 9.90 Å². The highest BCUT2D eigenvalue weighted by molar-refractivity contribution is 5.77. The normalized spacial score (nSPS) is 22.1. The predicted molar refractivity (Wildman–Crippen MR) is 87.6 cm³/mol. The Bertz CT molecular complexity index is 703. The summed E-state index contributed by atoms with van der Waals surface area (Å²) in [5, 5.41) is 9.36. The number of hydrogen-bond donors (Lipinski definition) is 1. The molecule has 0 saturated heterocycles. The largest absolute Gasteiger partial charge is 0.489 e. The fourth-order valence-corrected chi connectivity index (χ4v) is 2.88. The first-order chi connectivity index (χ1) is 10.5. The van der Waals surface area contributed by atoms with E-state index in [4.69, 9.17) is 4.74 Å². The van der Waals surface area contributed by atoms with E-state index >= 15 is 0 Å². The maximum absolute atomic E-state index is 11.4. The number of nitrogens with zero attached hydrogens (tertiary/aromatic N) is 2. The Balaban J connectivity index is 0.00000192. The summed E-state index contributed by atoms with van der Waals surface area (Å²) in [4.78, 5) is 19.8. The first-order valence-electron chi connectivity index (χ1n) is 7.24. The standard InChI is InChI=1S/C17H18N2O3.CH4/c1-11-15(9-18-12(2)19-11)22-10-17(8-14(17)16(20)21)13-6-4-3-5-7-13;/h3-7,9,14H,8,10H2,1-2H3,(H,20,21);1H4/t14-,17+;/m0./s1. The van der Waals surface area contributed by atoms with E-state index in [0.29, 0.717) is 24.6 Å². The van der Waals surface area contributed by atoms with Crippen LogP contribution in [0.15, 0.2) is 36.5 Å². The molecule has 1 N–H and O–H groups in total. The zero-order valence-corrected chi connectivity index (χ0v) is 12.6. The summed E-state index contributed by atoms with van der Waals surface area (Å²) < 4.78 is 5.87. The quantitative estimate of drug-likeness (QED) is 0.918. The Morgan fingerprint density at radius 1 is 1.35 bits per heavy atom. The molecule has 0 radical (unpaired) electrons. The van der Waals surface area contributed by atoms with Crippen molar-refractivity contribution in [3.63, 3.8) is 0 Å². The van der Waals surface area contributed by atoms with Crippen LogP contribution >= 0.6 is 0 Å². The first-order valence-corrected chi connectivity index (χ1v) is 7.24. The second-order valence-electron chi connectivity index (χ2n) is 5.77. The molecule has 1 aromatic carbocycles. The molecule has 0 amide bonds. The maximum atomic E-state index is 11.4. The molecule has 122 valence electrons. The van der Waals surface area contributed by atoms with Gasteiger partial charge in [0.2, 0.25) is 0 Å². The van der Waals surface area contributed by atoms with Gasteiger partial charge in [-0.3, -0.25) is 4.79 Å². The molecule has 5 nitrogen and oxygen atoms in total. The van der Waals surface area contributed by atoms with Crippen LogP contribution in [0.1, 0.15) is 30.9 Å². The van der Waals surface area contributed by atoms with Crippen LogP contribution in [0.2, 0.25) is 0 Å². The molecule has 1 heterocycles. The molecular weight excluding hydrogens is 292 g/mol. The van der Waals surface area contributed by atoms with Gasteiger partial charge in [-0.2, -0.15) is 0 Å². The van der Waals surface area contributed by atoms with Gasteiger partial charge in [0.15, 0.2) is 5.75 Å². The van der Waals surface area contributed by atoms with E-state index in [1.54, 1.807) is 6.20 Å². The SMILES string of the molecule is C.Cc1ncc(OC[C@@]2(c3ccccc3)C[C@H]2C(=O)O)c(C)n1. The average Bonchev–Trinajstić information content (AvgIpc) is 3.24. The van der Waals surface area contributed by atoms with E-state index in [1.165, 1.54) is 0 Å². The highest BCUT2D eigenvalue weighted by atomic mass is 16.5. The fourth-order valence-electron chi connectivity index (χ4n) is 2.88. The molecule has 2 atom stereocenters. The summed E-state index contributed by atoms with van der Waals surface area (Å²) in [5.41, 5.74) is 1.32. The van der Waals surface area contributed by atoms with Crippen LogP contribution in [0, 0.1) is 19.8 Å². The number of ether oxygens (including phenoxy) is 1. The van der Waals surface area contributed by atoms with E-state index in [0.717, 1.165) is 11.3 Å². The first kappa shape index (κ1) is 16.9. The Hall–Kier alpha value is -2.43. The summed E-state index contributed by atoms with van der Waals surface area (Å²) in [7, 11) is 0. The number of aromatic nitrogens is 2. The molecule has 1 aliphatic rings. The van der Waals surface area contributed by atoms with Gasteiger partial charge in [0.25, 0.3) is 0 Å². The number of hydrogen-bond acceptors (Lipinski definition) is 4. The highest BCUT2D eigenvalue weighted by Gasteiger charge is 2.60. The molecule has 0 bridgehead atoms.